The normalized spacial score (nSPS) is 16.7. The summed E-state index contributed by atoms with van der Waals surface area (Å²) in [5.41, 5.74) is 0. The van der Waals surface area contributed by atoms with E-state index in [1.165, 1.54) is 0 Å². The molecule has 0 atom stereocenters. The number of hydrogen-bond donors (Lipinski definition) is 2. The monoisotopic (exact) mass is 258 g/mol. The lowest BCUT2D eigenvalue weighted by Crippen LogP contribution is -2.33. The van der Waals surface area contributed by atoms with Gasteiger partial charge in [-0.15, -0.1) is 0 Å². The molecule has 0 spiro atoms. The largest absolute Gasteiger partial charge is 0.385 e. The summed E-state index contributed by atoms with van der Waals surface area (Å²) in [4.78, 5) is 11.4. The standard InChI is InChI=1S/C13H26N2O3/c1-17-10-2-4-13(16)15-7-3-11-18-12-5-8-14-9-6-12/h12,14H,2-11H2,1H3,(H,15,16). The van der Waals surface area contributed by atoms with Crippen LogP contribution in [0.1, 0.15) is 32.1 Å². The van der Waals surface area contributed by atoms with Crippen LogP contribution in [-0.2, 0) is 14.3 Å². The van der Waals surface area contributed by atoms with Crippen LogP contribution in [-0.4, -0.2) is 52.0 Å². The van der Waals surface area contributed by atoms with Crippen LogP contribution in [0, 0.1) is 0 Å². The Labute approximate surface area is 110 Å². The minimum Gasteiger partial charge on any atom is -0.385 e. The van der Waals surface area contributed by atoms with Crippen LogP contribution in [0.3, 0.4) is 0 Å². The molecule has 1 heterocycles. The first-order chi connectivity index (χ1) is 8.83. The smallest absolute Gasteiger partial charge is 0.220 e. The van der Waals surface area contributed by atoms with Crippen molar-refractivity contribution in [3.05, 3.63) is 0 Å². The lowest BCUT2D eigenvalue weighted by Gasteiger charge is -2.22. The third kappa shape index (κ3) is 7.63. The van der Waals surface area contributed by atoms with E-state index < -0.39 is 0 Å². The van der Waals surface area contributed by atoms with E-state index >= 15 is 0 Å². The molecule has 0 unspecified atom stereocenters. The van der Waals surface area contributed by atoms with Crippen molar-refractivity contribution in [1.82, 2.24) is 10.6 Å². The van der Waals surface area contributed by atoms with E-state index in [-0.39, 0.29) is 5.91 Å². The van der Waals surface area contributed by atoms with Gasteiger partial charge >= 0.3 is 0 Å². The Morgan fingerprint density at radius 2 is 2.06 bits per heavy atom. The summed E-state index contributed by atoms with van der Waals surface area (Å²) in [6, 6.07) is 0. The van der Waals surface area contributed by atoms with Crippen LogP contribution in [0.25, 0.3) is 0 Å². The van der Waals surface area contributed by atoms with Gasteiger partial charge in [0.25, 0.3) is 0 Å². The highest BCUT2D eigenvalue weighted by molar-refractivity contribution is 5.75. The summed E-state index contributed by atoms with van der Waals surface area (Å²) >= 11 is 0. The highest BCUT2D eigenvalue weighted by atomic mass is 16.5. The minimum absolute atomic E-state index is 0.105. The lowest BCUT2D eigenvalue weighted by atomic mass is 10.1. The fourth-order valence-corrected chi connectivity index (χ4v) is 1.98. The van der Waals surface area contributed by atoms with E-state index in [0.717, 1.165) is 45.4 Å². The summed E-state index contributed by atoms with van der Waals surface area (Å²) in [5, 5.41) is 6.20. The molecule has 18 heavy (non-hydrogen) atoms. The molecule has 0 aliphatic carbocycles. The molecule has 1 amide bonds. The molecule has 5 nitrogen and oxygen atoms in total. The van der Waals surface area contributed by atoms with Crippen LogP contribution in [0.2, 0.25) is 0 Å². The van der Waals surface area contributed by atoms with Crippen molar-refractivity contribution in [3.8, 4) is 0 Å². The molecule has 0 bridgehead atoms. The summed E-state index contributed by atoms with van der Waals surface area (Å²) in [6.07, 6.45) is 4.83. The van der Waals surface area contributed by atoms with Crippen LogP contribution in [0.15, 0.2) is 0 Å². The second kappa shape index (κ2) is 10.3. The average molecular weight is 258 g/mol. The summed E-state index contributed by atoms with van der Waals surface area (Å²) in [7, 11) is 1.65. The Balaban J connectivity index is 1.86. The first-order valence-corrected chi connectivity index (χ1v) is 6.91. The molecule has 0 saturated carbocycles. The summed E-state index contributed by atoms with van der Waals surface area (Å²) in [6.45, 7) is 4.20. The van der Waals surface area contributed by atoms with E-state index in [9.17, 15) is 4.79 Å². The zero-order valence-electron chi connectivity index (χ0n) is 11.4. The van der Waals surface area contributed by atoms with Gasteiger partial charge in [-0.2, -0.15) is 0 Å². The van der Waals surface area contributed by atoms with E-state index in [4.69, 9.17) is 9.47 Å². The molecule has 1 aliphatic rings. The fourth-order valence-electron chi connectivity index (χ4n) is 1.98. The van der Waals surface area contributed by atoms with Gasteiger partial charge in [-0.05, 0) is 38.8 Å². The minimum atomic E-state index is 0.105. The third-order valence-electron chi connectivity index (χ3n) is 3.04. The Morgan fingerprint density at radius 1 is 1.28 bits per heavy atom. The first kappa shape index (κ1) is 15.4. The summed E-state index contributed by atoms with van der Waals surface area (Å²) < 4.78 is 10.6. The number of carbonyl (C=O) groups excluding carboxylic acids is 1. The predicted octanol–water partition coefficient (Wildman–Crippen LogP) is 0.688. The molecule has 0 aromatic rings. The van der Waals surface area contributed by atoms with Crippen molar-refractivity contribution in [3.63, 3.8) is 0 Å². The van der Waals surface area contributed by atoms with Gasteiger partial charge in [0.1, 0.15) is 0 Å². The molecular formula is C13H26N2O3. The number of amides is 1. The zero-order valence-corrected chi connectivity index (χ0v) is 11.4. The van der Waals surface area contributed by atoms with Crippen molar-refractivity contribution >= 4 is 5.91 Å². The average Bonchev–Trinajstić information content (AvgIpc) is 2.40. The van der Waals surface area contributed by atoms with Crippen LogP contribution in [0.5, 0.6) is 0 Å². The van der Waals surface area contributed by atoms with Gasteiger partial charge in [-0.3, -0.25) is 4.79 Å². The molecule has 0 aromatic heterocycles. The lowest BCUT2D eigenvalue weighted by molar-refractivity contribution is -0.121. The van der Waals surface area contributed by atoms with Gasteiger partial charge in [0.2, 0.25) is 5.91 Å². The highest BCUT2D eigenvalue weighted by Crippen LogP contribution is 2.07. The second-order valence-corrected chi connectivity index (χ2v) is 4.62. The van der Waals surface area contributed by atoms with Crippen molar-refractivity contribution in [2.24, 2.45) is 0 Å². The number of nitrogens with one attached hydrogen (secondary N) is 2. The number of hydrogen-bond acceptors (Lipinski definition) is 4. The maximum absolute atomic E-state index is 11.4. The first-order valence-electron chi connectivity index (χ1n) is 6.91. The fraction of sp³-hybridized carbons (Fsp3) is 0.923. The van der Waals surface area contributed by atoms with E-state index in [2.05, 4.69) is 10.6 Å². The number of carbonyl (C=O) groups is 1. The van der Waals surface area contributed by atoms with Crippen molar-refractivity contribution in [1.29, 1.82) is 0 Å². The van der Waals surface area contributed by atoms with Gasteiger partial charge < -0.3 is 20.1 Å². The predicted molar refractivity (Wildman–Crippen MR) is 70.6 cm³/mol. The van der Waals surface area contributed by atoms with E-state index in [1.807, 2.05) is 0 Å². The van der Waals surface area contributed by atoms with Gasteiger partial charge in [0.15, 0.2) is 0 Å². The molecule has 1 rings (SSSR count). The Bertz CT molecular complexity index is 218. The topological polar surface area (TPSA) is 59.6 Å². The molecule has 1 saturated heterocycles. The van der Waals surface area contributed by atoms with Gasteiger partial charge in [0.05, 0.1) is 6.10 Å². The number of rotatable bonds is 9. The van der Waals surface area contributed by atoms with Gasteiger partial charge in [0, 0.05) is 33.3 Å². The molecule has 0 radical (unpaired) electrons. The Kier molecular flexibility index (Phi) is 8.81. The van der Waals surface area contributed by atoms with Crippen molar-refractivity contribution < 1.29 is 14.3 Å². The Morgan fingerprint density at radius 3 is 2.78 bits per heavy atom. The number of piperidine rings is 1. The SMILES string of the molecule is COCCCC(=O)NCCCOC1CCNCC1. The third-order valence-corrected chi connectivity index (χ3v) is 3.04. The molecule has 5 heteroatoms. The maximum atomic E-state index is 11.4. The van der Waals surface area contributed by atoms with Gasteiger partial charge in [-0.1, -0.05) is 0 Å². The summed E-state index contributed by atoms with van der Waals surface area (Å²) in [5.74, 6) is 0.105. The number of methoxy groups -OCH3 is 1. The quantitative estimate of drug-likeness (QED) is 0.597. The molecular weight excluding hydrogens is 232 g/mol. The number of ether oxygens (including phenoxy) is 2. The highest BCUT2D eigenvalue weighted by Gasteiger charge is 2.12. The zero-order chi connectivity index (χ0) is 13.1. The molecule has 2 N–H and O–H groups in total. The Hall–Kier alpha value is -0.650. The maximum Gasteiger partial charge on any atom is 0.220 e. The molecule has 0 aromatic carbocycles. The van der Waals surface area contributed by atoms with Gasteiger partial charge in [-0.25, -0.2) is 0 Å². The van der Waals surface area contributed by atoms with Crippen molar-refractivity contribution in [2.45, 2.75) is 38.2 Å². The molecule has 106 valence electrons. The molecule has 1 fully saturated rings. The van der Waals surface area contributed by atoms with Crippen LogP contribution >= 0.6 is 0 Å². The van der Waals surface area contributed by atoms with Crippen molar-refractivity contribution in [2.75, 3.05) is 40.0 Å². The van der Waals surface area contributed by atoms with Crippen LogP contribution < -0.4 is 10.6 Å². The van der Waals surface area contributed by atoms with Crippen LogP contribution in [0.4, 0.5) is 0 Å². The second-order valence-electron chi connectivity index (χ2n) is 4.62. The molecule has 1 aliphatic heterocycles. The van der Waals surface area contributed by atoms with E-state index in [0.29, 0.717) is 25.7 Å². The van der Waals surface area contributed by atoms with E-state index in [1.54, 1.807) is 7.11 Å².